The normalized spacial score (nSPS) is 12.9. The molecule has 0 saturated heterocycles. The Balaban J connectivity index is 1.46. The molecule has 3 aromatic rings. The summed E-state index contributed by atoms with van der Waals surface area (Å²) in [5.41, 5.74) is 0.522. The largest absolute Gasteiger partial charge is 0.459 e. The summed E-state index contributed by atoms with van der Waals surface area (Å²) >= 11 is 0. The molecule has 1 aromatic carbocycles. The molecule has 0 saturated carbocycles. The van der Waals surface area contributed by atoms with E-state index < -0.39 is 17.8 Å². The molecule has 1 aliphatic heterocycles. The first-order valence-corrected chi connectivity index (χ1v) is 8.23. The highest BCUT2D eigenvalue weighted by Gasteiger charge is 2.35. The minimum Gasteiger partial charge on any atom is -0.459 e. The van der Waals surface area contributed by atoms with E-state index in [1.165, 1.54) is 30.5 Å². The lowest BCUT2D eigenvalue weighted by Gasteiger charge is -2.09. The number of imide groups is 1. The highest BCUT2D eigenvalue weighted by molar-refractivity contribution is 6.22. The van der Waals surface area contributed by atoms with Crippen LogP contribution in [0.1, 0.15) is 37.0 Å². The molecule has 140 valence electrons. The molecule has 0 bridgehead atoms. The van der Waals surface area contributed by atoms with Crippen LogP contribution in [-0.2, 0) is 11.3 Å². The predicted molar refractivity (Wildman–Crippen MR) is 93.1 cm³/mol. The zero-order valence-corrected chi connectivity index (χ0v) is 14.5. The fourth-order valence-corrected chi connectivity index (χ4v) is 2.73. The zero-order valence-electron chi connectivity index (χ0n) is 14.5. The van der Waals surface area contributed by atoms with Gasteiger partial charge in [0, 0.05) is 6.54 Å². The average Bonchev–Trinajstić information content (AvgIpc) is 3.43. The number of rotatable bonds is 6. The molecular weight excluding hydrogens is 366 g/mol. The van der Waals surface area contributed by atoms with Crippen molar-refractivity contribution in [2.24, 2.45) is 0 Å². The Kier molecular flexibility index (Phi) is 4.32. The minimum absolute atomic E-state index is 0.0873. The fourth-order valence-electron chi connectivity index (χ4n) is 2.73. The van der Waals surface area contributed by atoms with Gasteiger partial charge < -0.3 is 13.6 Å². The van der Waals surface area contributed by atoms with E-state index >= 15 is 0 Å². The fraction of sp³-hybridized carbons (Fsp3) is 0.105. The molecule has 2 aromatic heterocycles. The summed E-state index contributed by atoms with van der Waals surface area (Å²) in [5, 5.41) is 7.58. The second-order valence-corrected chi connectivity index (χ2v) is 5.82. The third kappa shape index (κ3) is 2.98. The van der Waals surface area contributed by atoms with Gasteiger partial charge in [0.1, 0.15) is 0 Å². The van der Waals surface area contributed by atoms with E-state index in [1.54, 1.807) is 12.1 Å². The Morgan fingerprint density at radius 1 is 1.18 bits per heavy atom. The van der Waals surface area contributed by atoms with Crippen molar-refractivity contribution in [3.05, 3.63) is 71.8 Å². The number of hydrogen-bond acceptors (Lipinski definition) is 8. The second kappa shape index (κ2) is 6.95. The summed E-state index contributed by atoms with van der Waals surface area (Å²) in [4.78, 5) is 37.9. The second-order valence-electron chi connectivity index (χ2n) is 5.82. The molecule has 0 N–H and O–H groups in total. The number of fused-ring (bicyclic) bond motifs is 1. The first-order valence-electron chi connectivity index (χ1n) is 8.23. The van der Waals surface area contributed by atoms with Crippen molar-refractivity contribution in [2.75, 3.05) is 6.54 Å². The third-order valence-corrected chi connectivity index (χ3v) is 4.04. The van der Waals surface area contributed by atoms with Gasteiger partial charge in [-0.25, -0.2) is 4.79 Å². The number of esters is 1. The number of amides is 2. The maximum absolute atomic E-state index is 12.3. The molecule has 2 amide bonds. The smallest absolute Gasteiger partial charge is 0.338 e. The maximum Gasteiger partial charge on any atom is 0.338 e. The van der Waals surface area contributed by atoms with Crippen molar-refractivity contribution >= 4 is 17.8 Å². The van der Waals surface area contributed by atoms with E-state index in [2.05, 4.69) is 16.8 Å². The number of benzene rings is 1. The monoisotopic (exact) mass is 379 g/mol. The van der Waals surface area contributed by atoms with Gasteiger partial charge in [-0.15, -0.1) is 16.8 Å². The molecule has 0 fully saturated rings. The van der Waals surface area contributed by atoms with E-state index in [0.29, 0.717) is 5.76 Å². The van der Waals surface area contributed by atoms with Gasteiger partial charge in [-0.05, 0) is 30.3 Å². The van der Waals surface area contributed by atoms with E-state index in [0.717, 1.165) is 4.90 Å². The highest BCUT2D eigenvalue weighted by atomic mass is 16.5. The number of nitrogens with zero attached hydrogens (tertiary/aromatic N) is 3. The number of aromatic nitrogens is 2. The molecule has 3 heterocycles. The van der Waals surface area contributed by atoms with Crippen LogP contribution in [-0.4, -0.2) is 39.4 Å². The molecule has 0 aliphatic carbocycles. The number of furan rings is 1. The SMILES string of the molecule is C=CCN1C(=O)c2ccc(C(=O)OCc3nnc(-c4ccco4)o3)cc2C1=O. The van der Waals surface area contributed by atoms with Gasteiger partial charge in [0.15, 0.2) is 12.4 Å². The van der Waals surface area contributed by atoms with Crippen LogP contribution in [0.15, 0.2) is 58.1 Å². The summed E-state index contributed by atoms with van der Waals surface area (Å²) in [7, 11) is 0. The lowest BCUT2D eigenvalue weighted by Crippen LogP contribution is -2.29. The predicted octanol–water partition coefficient (Wildman–Crippen LogP) is 2.47. The van der Waals surface area contributed by atoms with Gasteiger partial charge in [0.25, 0.3) is 23.6 Å². The van der Waals surface area contributed by atoms with E-state index in [4.69, 9.17) is 13.6 Å². The van der Waals surface area contributed by atoms with Crippen molar-refractivity contribution in [1.29, 1.82) is 0 Å². The number of hydrogen-bond donors (Lipinski definition) is 0. The van der Waals surface area contributed by atoms with Crippen LogP contribution >= 0.6 is 0 Å². The minimum atomic E-state index is -0.692. The van der Waals surface area contributed by atoms with Crippen LogP contribution in [0.25, 0.3) is 11.7 Å². The summed E-state index contributed by atoms with van der Waals surface area (Å²) in [6.07, 6.45) is 2.92. The molecular formula is C19H13N3O6. The van der Waals surface area contributed by atoms with E-state index in [-0.39, 0.29) is 41.6 Å². The number of carbonyl (C=O) groups excluding carboxylic acids is 3. The molecule has 4 rings (SSSR count). The lowest BCUT2D eigenvalue weighted by molar-refractivity contribution is 0.0438. The van der Waals surface area contributed by atoms with Gasteiger partial charge in [0.05, 0.1) is 23.0 Å². The quantitative estimate of drug-likeness (QED) is 0.364. The first-order chi connectivity index (χ1) is 13.6. The van der Waals surface area contributed by atoms with Gasteiger partial charge in [-0.2, -0.15) is 0 Å². The number of ether oxygens (including phenoxy) is 1. The first kappa shape index (κ1) is 17.4. The summed E-state index contributed by atoms with van der Waals surface area (Å²) < 4.78 is 15.6. The van der Waals surface area contributed by atoms with Crippen molar-refractivity contribution in [3.8, 4) is 11.7 Å². The van der Waals surface area contributed by atoms with Crippen LogP contribution in [0, 0.1) is 0 Å². The summed E-state index contributed by atoms with van der Waals surface area (Å²) in [6, 6.07) is 7.52. The lowest BCUT2D eigenvalue weighted by atomic mass is 10.1. The molecule has 0 atom stereocenters. The van der Waals surface area contributed by atoms with E-state index in [9.17, 15) is 14.4 Å². The Hall–Kier alpha value is -4.01. The van der Waals surface area contributed by atoms with Crippen molar-refractivity contribution in [3.63, 3.8) is 0 Å². The van der Waals surface area contributed by atoms with Crippen LogP contribution < -0.4 is 0 Å². The average molecular weight is 379 g/mol. The van der Waals surface area contributed by atoms with Crippen molar-refractivity contribution in [2.45, 2.75) is 6.61 Å². The van der Waals surface area contributed by atoms with E-state index in [1.807, 2.05) is 0 Å². The van der Waals surface area contributed by atoms with Gasteiger partial charge in [-0.3, -0.25) is 14.5 Å². The maximum atomic E-state index is 12.3. The Bertz CT molecular complexity index is 1080. The Morgan fingerprint density at radius 2 is 2.00 bits per heavy atom. The molecule has 1 aliphatic rings. The topological polar surface area (TPSA) is 116 Å². The van der Waals surface area contributed by atoms with Crippen LogP contribution in [0.2, 0.25) is 0 Å². The summed E-state index contributed by atoms with van der Waals surface area (Å²) in [5.74, 6) is -0.936. The Labute approximate surface area is 158 Å². The summed E-state index contributed by atoms with van der Waals surface area (Å²) in [6.45, 7) is 3.37. The molecule has 0 spiro atoms. The molecule has 9 nitrogen and oxygen atoms in total. The van der Waals surface area contributed by atoms with Crippen LogP contribution in [0.3, 0.4) is 0 Å². The third-order valence-electron chi connectivity index (χ3n) is 4.04. The van der Waals surface area contributed by atoms with Crippen LogP contribution in [0.5, 0.6) is 0 Å². The Morgan fingerprint density at radius 3 is 2.75 bits per heavy atom. The standard InChI is InChI=1S/C19H13N3O6/c1-2-7-22-17(23)12-6-5-11(9-13(12)18(22)24)19(25)27-10-15-20-21-16(28-15)14-4-3-8-26-14/h2-6,8-9H,1,7,10H2. The van der Waals surface area contributed by atoms with Crippen molar-refractivity contribution < 1.29 is 28.0 Å². The highest BCUT2D eigenvalue weighted by Crippen LogP contribution is 2.24. The molecule has 0 radical (unpaired) electrons. The van der Waals surface area contributed by atoms with Crippen LogP contribution in [0.4, 0.5) is 0 Å². The van der Waals surface area contributed by atoms with Gasteiger partial charge in [-0.1, -0.05) is 6.08 Å². The molecule has 0 unspecified atom stereocenters. The number of carbonyl (C=O) groups is 3. The van der Waals surface area contributed by atoms with Gasteiger partial charge in [0.2, 0.25) is 0 Å². The molecule has 28 heavy (non-hydrogen) atoms. The van der Waals surface area contributed by atoms with Gasteiger partial charge >= 0.3 is 5.97 Å². The molecule has 9 heteroatoms. The van der Waals surface area contributed by atoms with Crippen molar-refractivity contribution in [1.82, 2.24) is 15.1 Å². The zero-order chi connectivity index (χ0) is 19.7.